The molecule has 2 aromatic rings. The monoisotopic (exact) mass is 245 g/mol. The van der Waals surface area contributed by atoms with Gasteiger partial charge in [-0.3, -0.25) is 0 Å². The van der Waals surface area contributed by atoms with Gasteiger partial charge in [0.25, 0.3) is 0 Å². The predicted molar refractivity (Wildman–Crippen MR) is 72.4 cm³/mol. The average Bonchev–Trinajstić information content (AvgIpc) is 2.91. The Balaban J connectivity index is 2.17. The number of aromatic nitrogens is 2. The maximum absolute atomic E-state index is 5.21. The van der Waals surface area contributed by atoms with Crippen molar-refractivity contribution < 1.29 is 4.42 Å². The van der Waals surface area contributed by atoms with Crippen molar-refractivity contribution in [2.45, 2.75) is 27.2 Å². The standard InChI is InChI=1S/C14H19N3O/c1-4-10(2)8-15-13-7-12(6-5-11(13)3)14-17-16-9-18-14/h5-7,9-10,15H,4,8H2,1-3H3. The van der Waals surface area contributed by atoms with E-state index in [2.05, 4.69) is 48.4 Å². The Labute approximate surface area is 107 Å². The zero-order valence-corrected chi connectivity index (χ0v) is 11.1. The van der Waals surface area contributed by atoms with Crippen LogP contribution in [0.15, 0.2) is 29.0 Å². The zero-order chi connectivity index (χ0) is 13.0. The Morgan fingerprint density at radius 3 is 2.89 bits per heavy atom. The summed E-state index contributed by atoms with van der Waals surface area (Å²) >= 11 is 0. The van der Waals surface area contributed by atoms with E-state index in [0.717, 1.165) is 17.8 Å². The van der Waals surface area contributed by atoms with Gasteiger partial charge in [-0.25, -0.2) is 0 Å². The molecule has 0 fully saturated rings. The second-order valence-electron chi connectivity index (χ2n) is 4.67. The molecule has 0 radical (unpaired) electrons. The maximum Gasteiger partial charge on any atom is 0.247 e. The lowest BCUT2D eigenvalue weighted by Gasteiger charge is -2.14. The van der Waals surface area contributed by atoms with E-state index in [9.17, 15) is 0 Å². The summed E-state index contributed by atoms with van der Waals surface area (Å²) in [6, 6.07) is 6.13. The van der Waals surface area contributed by atoms with Gasteiger partial charge in [0.1, 0.15) is 0 Å². The van der Waals surface area contributed by atoms with Gasteiger partial charge in [-0.15, -0.1) is 10.2 Å². The number of rotatable bonds is 5. The van der Waals surface area contributed by atoms with Crippen LogP contribution in [0.2, 0.25) is 0 Å². The van der Waals surface area contributed by atoms with Crippen LogP contribution in [-0.2, 0) is 0 Å². The highest BCUT2D eigenvalue weighted by atomic mass is 16.4. The Hall–Kier alpha value is -1.84. The lowest BCUT2D eigenvalue weighted by atomic mass is 10.1. The first-order valence-corrected chi connectivity index (χ1v) is 6.31. The second kappa shape index (κ2) is 5.67. The fourth-order valence-electron chi connectivity index (χ4n) is 1.67. The topological polar surface area (TPSA) is 51.0 Å². The van der Waals surface area contributed by atoms with Crippen molar-refractivity contribution in [1.82, 2.24) is 10.2 Å². The van der Waals surface area contributed by atoms with E-state index in [1.165, 1.54) is 18.4 Å². The zero-order valence-electron chi connectivity index (χ0n) is 11.1. The van der Waals surface area contributed by atoms with Crippen LogP contribution >= 0.6 is 0 Å². The number of hydrogen-bond donors (Lipinski definition) is 1. The van der Waals surface area contributed by atoms with Crippen molar-refractivity contribution in [2.75, 3.05) is 11.9 Å². The number of aryl methyl sites for hydroxylation is 1. The summed E-state index contributed by atoms with van der Waals surface area (Å²) < 4.78 is 5.21. The molecule has 0 aliphatic heterocycles. The second-order valence-corrected chi connectivity index (χ2v) is 4.67. The van der Waals surface area contributed by atoms with E-state index in [1.807, 2.05) is 6.07 Å². The predicted octanol–water partition coefficient (Wildman–Crippen LogP) is 3.50. The van der Waals surface area contributed by atoms with Crippen molar-refractivity contribution in [3.63, 3.8) is 0 Å². The van der Waals surface area contributed by atoms with Gasteiger partial charge in [0.05, 0.1) is 0 Å². The fourth-order valence-corrected chi connectivity index (χ4v) is 1.67. The normalized spacial score (nSPS) is 12.4. The molecular weight excluding hydrogens is 226 g/mol. The molecule has 2 rings (SSSR count). The number of hydrogen-bond acceptors (Lipinski definition) is 4. The third-order valence-electron chi connectivity index (χ3n) is 3.18. The molecule has 1 aromatic carbocycles. The number of benzene rings is 1. The minimum Gasteiger partial charge on any atom is -0.423 e. The van der Waals surface area contributed by atoms with Crippen molar-refractivity contribution >= 4 is 5.69 Å². The van der Waals surface area contributed by atoms with Gasteiger partial charge in [-0.05, 0) is 30.5 Å². The molecule has 0 saturated carbocycles. The highest BCUT2D eigenvalue weighted by Gasteiger charge is 2.07. The quantitative estimate of drug-likeness (QED) is 0.875. The van der Waals surface area contributed by atoms with Crippen LogP contribution in [0.1, 0.15) is 25.8 Å². The third-order valence-corrected chi connectivity index (χ3v) is 3.18. The van der Waals surface area contributed by atoms with E-state index in [4.69, 9.17) is 4.42 Å². The molecule has 0 spiro atoms. The lowest BCUT2D eigenvalue weighted by molar-refractivity contribution is 0.568. The van der Waals surface area contributed by atoms with Crippen LogP contribution in [0.5, 0.6) is 0 Å². The SMILES string of the molecule is CCC(C)CNc1cc(-c2nnco2)ccc1C. The molecule has 1 unspecified atom stereocenters. The van der Waals surface area contributed by atoms with Crippen LogP contribution < -0.4 is 5.32 Å². The Morgan fingerprint density at radius 2 is 2.22 bits per heavy atom. The molecule has 0 aliphatic rings. The van der Waals surface area contributed by atoms with Crippen LogP contribution in [0, 0.1) is 12.8 Å². The first-order valence-electron chi connectivity index (χ1n) is 6.31. The molecule has 96 valence electrons. The van der Waals surface area contributed by atoms with Gasteiger partial charge in [0.15, 0.2) is 0 Å². The summed E-state index contributed by atoms with van der Waals surface area (Å²) in [7, 11) is 0. The molecule has 18 heavy (non-hydrogen) atoms. The number of anilines is 1. The molecular formula is C14H19N3O. The molecule has 1 aromatic heterocycles. The highest BCUT2D eigenvalue weighted by Crippen LogP contribution is 2.24. The van der Waals surface area contributed by atoms with Crippen LogP contribution in [-0.4, -0.2) is 16.7 Å². The smallest absolute Gasteiger partial charge is 0.247 e. The number of nitrogens with zero attached hydrogens (tertiary/aromatic N) is 2. The van der Waals surface area contributed by atoms with Crippen LogP contribution in [0.25, 0.3) is 11.5 Å². The first kappa shape index (κ1) is 12.6. The van der Waals surface area contributed by atoms with Gasteiger partial charge in [-0.2, -0.15) is 0 Å². The summed E-state index contributed by atoms with van der Waals surface area (Å²) in [5, 5.41) is 11.1. The largest absolute Gasteiger partial charge is 0.423 e. The molecule has 4 nitrogen and oxygen atoms in total. The van der Waals surface area contributed by atoms with Gasteiger partial charge >= 0.3 is 0 Å². The minimum atomic E-state index is 0.557. The fraction of sp³-hybridized carbons (Fsp3) is 0.429. The van der Waals surface area contributed by atoms with Crippen molar-refractivity contribution in [2.24, 2.45) is 5.92 Å². The Kier molecular flexibility index (Phi) is 3.97. The maximum atomic E-state index is 5.21. The molecule has 0 amide bonds. The molecule has 1 N–H and O–H groups in total. The van der Waals surface area contributed by atoms with Gasteiger partial charge in [0.2, 0.25) is 12.3 Å². The van der Waals surface area contributed by atoms with Gasteiger partial charge in [-0.1, -0.05) is 26.3 Å². The molecule has 1 atom stereocenters. The molecule has 0 bridgehead atoms. The summed E-state index contributed by atoms with van der Waals surface area (Å²) in [6.07, 6.45) is 2.52. The summed E-state index contributed by atoms with van der Waals surface area (Å²) in [5.41, 5.74) is 3.30. The number of nitrogens with one attached hydrogen (secondary N) is 1. The first-order chi connectivity index (χ1) is 8.70. The molecule has 1 heterocycles. The van der Waals surface area contributed by atoms with E-state index in [1.54, 1.807) is 0 Å². The van der Waals surface area contributed by atoms with Gasteiger partial charge in [0, 0.05) is 17.8 Å². The lowest BCUT2D eigenvalue weighted by Crippen LogP contribution is -2.11. The Bertz CT molecular complexity index is 494. The van der Waals surface area contributed by atoms with E-state index in [0.29, 0.717) is 11.8 Å². The summed E-state index contributed by atoms with van der Waals surface area (Å²) in [4.78, 5) is 0. The minimum absolute atomic E-state index is 0.557. The van der Waals surface area contributed by atoms with Gasteiger partial charge < -0.3 is 9.73 Å². The molecule has 4 heteroatoms. The summed E-state index contributed by atoms with van der Waals surface area (Å²) in [5.74, 6) is 1.22. The van der Waals surface area contributed by atoms with E-state index >= 15 is 0 Å². The van der Waals surface area contributed by atoms with Crippen molar-refractivity contribution in [3.8, 4) is 11.5 Å². The van der Waals surface area contributed by atoms with E-state index < -0.39 is 0 Å². The van der Waals surface area contributed by atoms with Crippen LogP contribution in [0.4, 0.5) is 5.69 Å². The Morgan fingerprint density at radius 1 is 1.39 bits per heavy atom. The van der Waals surface area contributed by atoms with E-state index in [-0.39, 0.29) is 0 Å². The van der Waals surface area contributed by atoms with Crippen molar-refractivity contribution in [3.05, 3.63) is 30.2 Å². The molecule has 0 aliphatic carbocycles. The van der Waals surface area contributed by atoms with Crippen LogP contribution in [0.3, 0.4) is 0 Å². The summed E-state index contributed by atoms with van der Waals surface area (Å²) in [6.45, 7) is 7.51. The molecule has 0 saturated heterocycles. The third kappa shape index (κ3) is 2.88. The highest BCUT2D eigenvalue weighted by molar-refractivity contribution is 5.64. The average molecular weight is 245 g/mol. The van der Waals surface area contributed by atoms with Crippen molar-refractivity contribution in [1.29, 1.82) is 0 Å².